The lowest BCUT2D eigenvalue weighted by Gasteiger charge is -2.18. The number of halogens is 1. The number of likely N-dealkylation sites (N-methyl/N-ethyl adjacent to an activating group) is 1. The molecule has 0 amide bonds. The van der Waals surface area contributed by atoms with Gasteiger partial charge in [-0.05, 0) is 61.2 Å². The molecule has 1 unspecified atom stereocenters. The van der Waals surface area contributed by atoms with Gasteiger partial charge in [0.05, 0.1) is 0 Å². The summed E-state index contributed by atoms with van der Waals surface area (Å²) in [7, 11) is 2.03. The smallest absolute Gasteiger partial charge is 0.0358 e. The van der Waals surface area contributed by atoms with Crippen molar-refractivity contribution < 1.29 is 0 Å². The van der Waals surface area contributed by atoms with Gasteiger partial charge < -0.3 is 5.32 Å². The molecule has 0 saturated carbocycles. The molecule has 2 aromatic carbocycles. The minimum Gasteiger partial charge on any atom is -0.313 e. The van der Waals surface area contributed by atoms with Crippen LogP contribution < -0.4 is 5.32 Å². The Hall–Kier alpha value is -1.12. The second kappa shape index (κ2) is 7.05. The molecule has 2 aromatic rings. The lowest BCUT2D eigenvalue weighted by atomic mass is 9.97. The average Bonchev–Trinajstić information content (AvgIpc) is 2.44. The van der Waals surface area contributed by atoms with Crippen molar-refractivity contribution in [3.05, 3.63) is 69.2 Å². The van der Waals surface area contributed by atoms with Crippen LogP contribution in [0.1, 0.15) is 35.2 Å². The van der Waals surface area contributed by atoms with Crippen LogP contribution in [0.25, 0.3) is 0 Å². The fourth-order valence-electron chi connectivity index (χ4n) is 2.50. The Morgan fingerprint density at radius 1 is 1.05 bits per heavy atom. The molecule has 2 rings (SSSR count). The van der Waals surface area contributed by atoms with Crippen molar-refractivity contribution in [3.63, 3.8) is 0 Å². The lowest BCUT2D eigenvalue weighted by Crippen LogP contribution is -2.19. The average molecular weight is 332 g/mol. The van der Waals surface area contributed by atoms with Gasteiger partial charge in [-0.3, -0.25) is 0 Å². The van der Waals surface area contributed by atoms with E-state index in [9.17, 15) is 0 Å². The van der Waals surface area contributed by atoms with Crippen LogP contribution >= 0.6 is 15.9 Å². The second-order valence-corrected chi connectivity index (χ2v) is 6.19. The number of nitrogens with one attached hydrogen (secondary N) is 1. The first-order valence-electron chi connectivity index (χ1n) is 7.14. The molecule has 0 spiro atoms. The van der Waals surface area contributed by atoms with E-state index in [1.165, 1.54) is 22.3 Å². The summed E-state index contributed by atoms with van der Waals surface area (Å²) in [6.07, 6.45) is 2.11. The summed E-state index contributed by atoms with van der Waals surface area (Å²) >= 11 is 3.59. The van der Waals surface area contributed by atoms with Gasteiger partial charge in [0.1, 0.15) is 0 Å². The summed E-state index contributed by atoms with van der Waals surface area (Å²) in [5.74, 6) is 0. The number of rotatable bonds is 5. The molecule has 0 aliphatic heterocycles. The number of hydrogen-bond donors (Lipinski definition) is 1. The maximum absolute atomic E-state index is 3.59. The molecule has 0 saturated heterocycles. The summed E-state index contributed by atoms with van der Waals surface area (Å²) in [6.45, 7) is 4.33. The molecule has 20 heavy (non-hydrogen) atoms. The highest BCUT2D eigenvalue weighted by atomic mass is 79.9. The van der Waals surface area contributed by atoms with Crippen molar-refractivity contribution in [1.82, 2.24) is 5.32 Å². The maximum Gasteiger partial charge on any atom is 0.0358 e. The monoisotopic (exact) mass is 331 g/mol. The van der Waals surface area contributed by atoms with E-state index < -0.39 is 0 Å². The van der Waals surface area contributed by atoms with Crippen molar-refractivity contribution in [2.45, 2.75) is 32.7 Å². The molecule has 1 atom stereocenters. The van der Waals surface area contributed by atoms with Crippen LogP contribution in [-0.2, 0) is 12.8 Å². The normalized spacial score (nSPS) is 12.4. The third kappa shape index (κ3) is 3.94. The molecule has 106 valence electrons. The Morgan fingerprint density at radius 2 is 1.70 bits per heavy atom. The molecule has 0 fully saturated rings. The zero-order valence-corrected chi connectivity index (χ0v) is 14.0. The zero-order valence-electron chi connectivity index (χ0n) is 12.4. The second-order valence-electron chi connectivity index (χ2n) is 5.28. The van der Waals surface area contributed by atoms with Crippen LogP contribution in [0.2, 0.25) is 0 Å². The quantitative estimate of drug-likeness (QED) is 0.827. The van der Waals surface area contributed by atoms with Crippen LogP contribution in [0.5, 0.6) is 0 Å². The van der Waals surface area contributed by atoms with Crippen LogP contribution in [-0.4, -0.2) is 7.05 Å². The lowest BCUT2D eigenvalue weighted by molar-refractivity contribution is 0.591. The van der Waals surface area contributed by atoms with Crippen molar-refractivity contribution in [2.24, 2.45) is 0 Å². The number of aryl methyl sites for hydroxylation is 2. The standard InChI is InChI=1S/C18H22BrN/c1-4-14-5-7-15(8-6-14)11-18(20-3)16-9-13(2)10-17(19)12-16/h5-10,12,18,20H,4,11H2,1-3H3. The summed E-state index contributed by atoms with van der Waals surface area (Å²) in [5, 5.41) is 3.43. The maximum atomic E-state index is 3.59. The molecule has 0 radical (unpaired) electrons. The minimum atomic E-state index is 0.346. The van der Waals surface area contributed by atoms with Gasteiger partial charge in [-0.15, -0.1) is 0 Å². The molecular weight excluding hydrogens is 310 g/mol. The number of hydrogen-bond acceptors (Lipinski definition) is 1. The molecule has 1 N–H and O–H groups in total. The first kappa shape index (κ1) is 15.3. The van der Waals surface area contributed by atoms with Crippen molar-refractivity contribution in [3.8, 4) is 0 Å². The largest absolute Gasteiger partial charge is 0.313 e. The van der Waals surface area contributed by atoms with Crippen LogP contribution in [0.15, 0.2) is 46.9 Å². The molecule has 0 heterocycles. The van der Waals surface area contributed by atoms with E-state index >= 15 is 0 Å². The van der Waals surface area contributed by atoms with Gasteiger partial charge in [-0.1, -0.05) is 53.2 Å². The van der Waals surface area contributed by atoms with E-state index in [1.54, 1.807) is 0 Å². The topological polar surface area (TPSA) is 12.0 Å². The Balaban J connectivity index is 2.19. The van der Waals surface area contributed by atoms with Gasteiger partial charge in [0, 0.05) is 10.5 Å². The van der Waals surface area contributed by atoms with E-state index in [-0.39, 0.29) is 0 Å². The van der Waals surface area contributed by atoms with Gasteiger partial charge in [-0.25, -0.2) is 0 Å². The van der Waals surface area contributed by atoms with E-state index in [0.29, 0.717) is 6.04 Å². The molecule has 0 bridgehead atoms. The van der Waals surface area contributed by atoms with E-state index in [4.69, 9.17) is 0 Å². The highest BCUT2D eigenvalue weighted by Crippen LogP contribution is 2.23. The molecule has 1 nitrogen and oxygen atoms in total. The Bertz CT molecular complexity index is 540. The van der Waals surface area contributed by atoms with Gasteiger partial charge in [0.2, 0.25) is 0 Å². The summed E-state index contributed by atoms with van der Waals surface area (Å²) in [4.78, 5) is 0. The Kier molecular flexibility index (Phi) is 5.38. The van der Waals surface area contributed by atoms with Crippen molar-refractivity contribution in [2.75, 3.05) is 7.05 Å². The Morgan fingerprint density at radius 3 is 2.25 bits per heavy atom. The van der Waals surface area contributed by atoms with E-state index in [0.717, 1.165) is 17.3 Å². The highest BCUT2D eigenvalue weighted by molar-refractivity contribution is 9.10. The minimum absolute atomic E-state index is 0.346. The predicted octanol–water partition coefficient (Wildman–Crippen LogP) is 4.82. The van der Waals surface area contributed by atoms with Gasteiger partial charge in [0.15, 0.2) is 0 Å². The van der Waals surface area contributed by atoms with Crippen molar-refractivity contribution in [1.29, 1.82) is 0 Å². The fourth-order valence-corrected chi connectivity index (χ4v) is 3.12. The summed E-state index contributed by atoms with van der Waals surface area (Å²) in [6, 6.07) is 15.9. The highest BCUT2D eigenvalue weighted by Gasteiger charge is 2.11. The van der Waals surface area contributed by atoms with Crippen molar-refractivity contribution >= 4 is 15.9 Å². The first-order valence-corrected chi connectivity index (χ1v) is 7.94. The van der Waals surface area contributed by atoms with Gasteiger partial charge in [0.25, 0.3) is 0 Å². The molecule has 0 aromatic heterocycles. The molecule has 0 aliphatic carbocycles. The predicted molar refractivity (Wildman–Crippen MR) is 90.2 cm³/mol. The summed E-state index contributed by atoms with van der Waals surface area (Å²) in [5.41, 5.74) is 5.39. The summed E-state index contributed by atoms with van der Waals surface area (Å²) < 4.78 is 1.15. The third-order valence-electron chi connectivity index (χ3n) is 3.69. The van der Waals surface area contributed by atoms with Crippen LogP contribution in [0, 0.1) is 6.92 Å². The molecule has 0 aliphatic rings. The van der Waals surface area contributed by atoms with Gasteiger partial charge in [-0.2, -0.15) is 0 Å². The van der Waals surface area contributed by atoms with Crippen LogP contribution in [0.4, 0.5) is 0 Å². The van der Waals surface area contributed by atoms with E-state index in [1.807, 2.05) is 7.05 Å². The SMILES string of the molecule is CCc1ccc(CC(NC)c2cc(C)cc(Br)c2)cc1. The first-order chi connectivity index (χ1) is 9.62. The molecular formula is C18H22BrN. The fraction of sp³-hybridized carbons (Fsp3) is 0.333. The van der Waals surface area contributed by atoms with E-state index in [2.05, 4.69) is 77.6 Å². The molecule has 2 heteroatoms. The zero-order chi connectivity index (χ0) is 14.5. The third-order valence-corrected chi connectivity index (χ3v) is 4.14. The Labute approximate surface area is 130 Å². The van der Waals surface area contributed by atoms with Crippen LogP contribution in [0.3, 0.4) is 0 Å². The number of benzene rings is 2. The van der Waals surface area contributed by atoms with Gasteiger partial charge >= 0.3 is 0 Å².